The van der Waals surface area contributed by atoms with Gasteiger partial charge in [0.05, 0.1) is 15.5 Å². The van der Waals surface area contributed by atoms with Crippen LogP contribution in [-0.4, -0.2) is 50.8 Å². The highest BCUT2D eigenvalue weighted by atomic mass is 35.5. The van der Waals surface area contributed by atoms with Gasteiger partial charge in [-0.2, -0.15) is 4.31 Å². The van der Waals surface area contributed by atoms with E-state index in [1.807, 2.05) is 24.3 Å². The molecule has 0 aliphatic carbocycles. The molecule has 0 radical (unpaired) electrons. The largest absolute Gasteiger partial charge is 0.452 e. The first-order chi connectivity index (χ1) is 14.9. The topological polar surface area (TPSA) is 84.0 Å². The van der Waals surface area contributed by atoms with Crippen LogP contribution in [0.2, 0.25) is 5.02 Å². The third-order valence-corrected chi connectivity index (χ3v) is 7.85. The number of anilines is 1. The minimum Gasteiger partial charge on any atom is -0.452 e. The van der Waals surface area contributed by atoms with Gasteiger partial charge >= 0.3 is 5.97 Å². The van der Waals surface area contributed by atoms with E-state index in [0.717, 1.165) is 36.9 Å². The lowest BCUT2D eigenvalue weighted by atomic mass is 10.2. The normalized spacial score (nSPS) is 16.7. The van der Waals surface area contributed by atoms with Gasteiger partial charge in [-0.1, -0.05) is 36.2 Å². The molecule has 1 amide bonds. The van der Waals surface area contributed by atoms with E-state index >= 15 is 0 Å². The van der Waals surface area contributed by atoms with Crippen LogP contribution in [0.15, 0.2) is 47.4 Å². The van der Waals surface area contributed by atoms with Crippen LogP contribution in [0.5, 0.6) is 0 Å². The van der Waals surface area contributed by atoms with Gasteiger partial charge in [-0.05, 0) is 49.1 Å². The molecule has 2 aliphatic heterocycles. The van der Waals surface area contributed by atoms with Gasteiger partial charge in [0.1, 0.15) is 0 Å². The Morgan fingerprint density at radius 1 is 1.00 bits per heavy atom. The summed E-state index contributed by atoms with van der Waals surface area (Å²) in [6.07, 6.45) is 3.37. The molecule has 7 nitrogen and oxygen atoms in total. The molecule has 0 spiro atoms. The molecule has 0 bridgehead atoms. The van der Waals surface area contributed by atoms with E-state index in [-0.39, 0.29) is 21.4 Å². The minimum atomic E-state index is -3.72. The Hall–Kier alpha value is -2.42. The van der Waals surface area contributed by atoms with Crippen molar-refractivity contribution in [3.05, 3.63) is 58.6 Å². The summed E-state index contributed by atoms with van der Waals surface area (Å²) in [6, 6.07) is 11.6. The van der Waals surface area contributed by atoms with Gasteiger partial charge in [0.2, 0.25) is 10.0 Å². The molecule has 9 heteroatoms. The Morgan fingerprint density at radius 2 is 1.74 bits per heavy atom. The monoisotopic (exact) mass is 462 g/mol. The second-order valence-electron chi connectivity index (χ2n) is 7.61. The Balaban J connectivity index is 1.46. The summed E-state index contributed by atoms with van der Waals surface area (Å²) in [5.41, 5.74) is 1.81. The smallest absolute Gasteiger partial charge is 0.340 e. The van der Waals surface area contributed by atoms with Crippen LogP contribution in [0.1, 0.15) is 35.2 Å². The molecule has 0 aromatic heterocycles. The zero-order valence-electron chi connectivity index (χ0n) is 16.9. The first-order valence-electron chi connectivity index (χ1n) is 10.2. The Labute approximate surface area is 186 Å². The lowest BCUT2D eigenvalue weighted by Crippen LogP contribution is -2.35. The van der Waals surface area contributed by atoms with Crippen LogP contribution in [0, 0.1) is 0 Å². The number of hydrogen-bond donors (Lipinski definition) is 0. The van der Waals surface area contributed by atoms with E-state index in [9.17, 15) is 18.0 Å². The zero-order chi connectivity index (χ0) is 22.0. The quantitative estimate of drug-likeness (QED) is 0.637. The van der Waals surface area contributed by atoms with E-state index in [1.54, 1.807) is 4.90 Å². The number of halogens is 1. The number of amides is 1. The van der Waals surface area contributed by atoms with E-state index in [1.165, 1.54) is 22.5 Å². The molecule has 164 valence electrons. The lowest BCUT2D eigenvalue weighted by molar-refractivity contribution is -0.121. The van der Waals surface area contributed by atoms with Crippen LogP contribution >= 0.6 is 11.6 Å². The lowest BCUT2D eigenvalue weighted by Gasteiger charge is -2.26. The molecule has 0 saturated carbocycles. The van der Waals surface area contributed by atoms with E-state index in [0.29, 0.717) is 19.6 Å². The first-order valence-corrected chi connectivity index (χ1v) is 12.0. The van der Waals surface area contributed by atoms with Crippen molar-refractivity contribution >= 4 is 39.2 Å². The summed E-state index contributed by atoms with van der Waals surface area (Å²) in [5.74, 6) is -1.17. The number of piperidine rings is 1. The number of benzene rings is 2. The summed E-state index contributed by atoms with van der Waals surface area (Å²) >= 11 is 6.13. The van der Waals surface area contributed by atoms with Gasteiger partial charge < -0.3 is 9.64 Å². The number of esters is 1. The molecule has 2 aromatic rings. The van der Waals surface area contributed by atoms with E-state index in [4.69, 9.17) is 16.3 Å². The van der Waals surface area contributed by atoms with Crippen molar-refractivity contribution in [1.29, 1.82) is 0 Å². The number of hydrogen-bond acceptors (Lipinski definition) is 5. The summed E-state index contributed by atoms with van der Waals surface area (Å²) in [4.78, 5) is 26.8. The maximum Gasteiger partial charge on any atom is 0.340 e. The third-order valence-electron chi connectivity index (χ3n) is 5.63. The Bertz CT molecular complexity index is 1110. The molecule has 2 heterocycles. The van der Waals surface area contributed by atoms with Crippen molar-refractivity contribution < 1.29 is 22.7 Å². The maximum absolute atomic E-state index is 12.9. The van der Waals surface area contributed by atoms with Crippen LogP contribution in [-0.2, 0) is 26.0 Å². The van der Waals surface area contributed by atoms with E-state index < -0.39 is 22.6 Å². The van der Waals surface area contributed by atoms with Gasteiger partial charge in [-0.3, -0.25) is 4.79 Å². The Morgan fingerprint density at radius 3 is 2.52 bits per heavy atom. The number of nitrogens with zero attached hydrogens (tertiary/aromatic N) is 2. The number of carbonyl (C=O) groups is 2. The zero-order valence-corrected chi connectivity index (χ0v) is 18.5. The van der Waals surface area contributed by atoms with E-state index in [2.05, 4.69) is 0 Å². The highest BCUT2D eigenvalue weighted by Gasteiger charge is 2.28. The second-order valence-corrected chi connectivity index (χ2v) is 9.95. The van der Waals surface area contributed by atoms with Crippen LogP contribution in [0.4, 0.5) is 5.69 Å². The fraction of sp³-hybridized carbons (Fsp3) is 0.364. The third kappa shape index (κ3) is 4.46. The van der Waals surface area contributed by atoms with Gasteiger partial charge in [0.25, 0.3) is 5.91 Å². The van der Waals surface area contributed by atoms with Crippen molar-refractivity contribution in [2.24, 2.45) is 0 Å². The molecule has 31 heavy (non-hydrogen) atoms. The molecule has 2 aromatic carbocycles. The van der Waals surface area contributed by atoms with Gasteiger partial charge in [0, 0.05) is 25.3 Å². The van der Waals surface area contributed by atoms with Gasteiger partial charge in [0.15, 0.2) is 6.61 Å². The molecule has 1 fully saturated rings. The standard InChI is InChI=1S/C22H23ClN2O5S/c23-19-9-8-17(31(28,29)24-11-4-1-5-12-24)14-18(19)22(27)30-15-21(26)25-13-10-16-6-2-3-7-20(16)25/h2-3,6-9,14H,1,4-5,10-13,15H2. The highest BCUT2D eigenvalue weighted by molar-refractivity contribution is 7.89. The van der Waals surface area contributed by atoms with Crippen molar-refractivity contribution in [3.8, 4) is 0 Å². The highest BCUT2D eigenvalue weighted by Crippen LogP contribution is 2.28. The van der Waals surface area contributed by atoms with Gasteiger partial charge in [-0.15, -0.1) is 0 Å². The SMILES string of the molecule is O=C(OCC(=O)N1CCc2ccccc21)c1cc(S(=O)(=O)N2CCCCC2)ccc1Cl. The predicted octanol–water partition coefficient (Wildman–Crippen LogP) is 3.26. The van der Waals surface area contributed by atoms with Crippen LogP contribution in [0.25, 0.3) is 0 Å². The average molecular weight is 463 g/mol. The number of rotatable bonds is 5. The molecular formula is C22H23ClN2O5S. The minimum absolute atomic E-state index is 0.00875. The summed E-state index contributed by atoms with van der Waals surface area (Å²) in [5, 5.41) is 0.0709. The molecule has 4 rings (SSSR count). The maximum atomic E-state index is 12.9. The van der Waals surface area contributed by atoms with Crippen molar-refractivity contribution in [2.75, 3.05) is 31.1 Å². The molecular weight excluding hydrogens is 440 g/mol. The van der Waals surface area contributed by atoms with Crippen molar-refractivity contribution in [2.45, 2.75) is 30.6 Å². The predicted molar refractivity (Wildman–Crippen MR) is 117 cm³/mol. The molecule has 0 N–H and O–H groups in total. The van der Waals surface area contributed by atoms with Gasteiger partial charge in [-0.25, -0.2) is 13.2 Å². The van der Waals surface area contributed by atoms with Crippen LogP contribution in [0.3, 0.4) is 0 Å². The average Bonchev–Trinajstić information content (AvgIpc) is 3.22. The molecule has 0 atom stereocenters. The molecule has 1 saturated heterocycles. The number of sulfonamides is 1. The van der Waals surface area contributed by atoms with Crippen molar-refractivity contribution in [1.82, 2.24) is 4.31 Å². The molecule has 0 unspecified atom stereocenters. The second kappa shape index (κ2) is 8.98. The van der Waals surface area contributed by atoms with Crippen molar-refractivity contribution in [3.63, 3.8) is 0 Å². The number of fused-ring (bicyclic) bond motifs is 1. The summed E-state index contributed by atoms with van der Waals surface area (Å²) < 4.78 is 32.4. The summed E-state index contributed by atoms with van der Waals surface area (Å²) in [7, 11) is -3.72. The number of carbonyl (C=O) groups excluding carboxylic acids is 2. The summed E-state index contributed by atoms with van der Waals surface area (Å²) in [6.45, 7) is 0.986. The van der Waals surface area contributed by atoms with Crippen LogP contribution < -0.4 is 4.90 Å². The fourth-order valence-electron chi connectivity index (χ4n) is 3.96. The molecule has 2 aliphatic rings. The number of ether oxygens (including phenoxy) is 1. The fourth-order valence-corrected chi connectivity index (χ4v) is 5.69. The first kappa shape index (κ1) is 21.8. The number of para-hydroxylation sites is 1. The Kier molecular flexibility index (Phi) is 6.31.